The van der Waals surface area contributed by atoms with E-state index in [1.54, 1.807) is 0 Å². The maximum atomic E-state index is 11.2. The number of hydrogen-bond donors (Lipinski definition) is 2. The molecule has 0 saturated carbocycles. The van der Waals surface area contributed by atoms with Gasteiger partial charge in [0.2, 0.25) is 0 Å². The Balaban J connectivity index is 1.79. The van der Waals surface area contributed by atoms with Crippen molar-refractivity contribution in [2.75, 3.05) is 37.8 Å². The zero-order valence-electron chi connectivity index (χ0n) is 8.74. The molecule has 5 nitrogen and oxygen atoms in total. The quantitative estimate of drug-likeness (QED) is 0.634. The molecule has 0 aliphatic carbocycles. The van der Waals surface area contributed by atoms with Gasteiger partial charge in [0.15, 0.2) is 9.84 Å². The Bertz CT molecular complexity index is 319. The summed E-state index contributed by atoms with van der Waals surface area (Å²) in [6, 6.07) is 0.110. The second-order valence-electron chi connectivity index (χ2n) is 4.68. The maximum absolute atomic E-state index is 11.2. The third-order valence-electron chi connectivity index (χ3n) is 3.25. The third kappa shape index (κ3) is 2.50. The van der Waals surface area contributed by atoms with E-state index in [1.807, 2.05) is 0 Å². The fourth-order valence-corrected chi connectivity index (χ4v) is 3.71. The van der Waals surface area contributed by atoms with E-state index in [-0.39, 0.29) is 17.2 Å². The Morgan fingerprint density at radius 3 is 2.60 bits per heavy atom. The molecule has 0 radical (unpaired) electrons. The highest BCUT2D eigenvalue weighted by Gasteiger charge is 2.38. The van der Waals surface area contributed by atoms with Crippen LogP contribution in [0.2, 0.25) is 0 Å². The average Bonchev–Trinajstić information content (AvgIpc) is 2.45. The van der Waals surface area contributed by atoms with Crippen molar-refractivity contribution in [3.63, 3.8) is 0 Å². The van der Waals surface area contributed by atoms with E-state index >= 15 is 0 Å². The summed E-state index contributed by atoms with van der Waals surface area (Å²) in [6.45, 7) is 2.75. The monoisotopic (exact) mass is 234 g/mol. The lowest BCUT2D eigenvalue weighted by Gasteiger charge is -2.41. The van der Waals surface area contributed by atoms with Gasteiger partial charge >= 0.3 is 0 Å². The summed E-state index contributed by atoms with van der Waals surface area (Å²) in [7, 11) is -2.78. The van der Waals surface area contributed by atoms with Crippen molar-refractivity contribution in [1.82, 2.24) is 5.32 Å². The molecule has 1 atom stereocenters. The first kappa shape index (κ1) is 11.3. The molecule has 6 heteroatoms. The number of nitrogens with one attached hydrogen (secondary N) is 1. The molecule has 0 bridgehead atoms. The summed E-state index contributed by atoms with van der Waals surface area (Å²) >= 11 is 0. The molecule has 15 heavy (non-hydrogen) atoms. The van der Waals surface area contributed by atoms with Crippen LogP contribution in [-0.2, 0) is 14.6 Å². The van der Waals surface area contributed by atoms with Crippen LogP contribution in [0.1, 0.15) is 6.42 Å². The second kappa shape index (κ2) is 4.01. The van der Waals surface area contributed by atoms with E-state index in [2.05, 4.69) is 5.32 Å². The van der Waals surface area contributed by atoms with Gasteiger partial charge in [-0.2, -0.15) is 0 Å². The van der Waals surface area contributed by atoms with Gasteiger partial charge in [-0.05, 0) is 6.42 Å². The predicted molar refractivity (Wildman–Crippen MR) is 57.4 cm³/mol. The second-order valence-corrected chi connectivity index (χ2v) is 6.91. The lowest BCUT2D eigenvalue weighted by atomic mass is 9.86. The summed E-state index contributed by atoms with van der Waals surface area (Å²) in [5.41, 5.74) is 5.72. The predicted octanol–water partition coefficient (Wildman–Crippen LogP) is -1.26. The maximum Gasteiger partial charge on any atom is 0.151 e. The lowest BCUT2D eigenvalue weighted by molar-refractivity contribution is -0.105. The van der Waals surface area contributed by atoms with Gasteiger partial charge < -0.3 is 15.8 Å². The van der Waals surface area contributed by atoms with Crippen molar-refractivity contribution in [1.29, 1.82) is 0 Å². The van der Waals surface area contributed by atoms with Crippen molar-refractivity contribution in [3.8, 4) is 0 Å². The van der Waals surface area contributed by atoms with Gasteiger partial charge in [-0.3, -0.25) is 0 Å². The Morgan fingerprint density at radius 2 is 2.20 bits per heavy atom. The summed E-state index contributed by atoms with van der Waals surface area (Å²) in [6.07, 6.45) is 0.726. The van der Waals surface area contributed by atoms with E-state index in [1.165, 1.54) is 0 Å². The zero-order valence-corrected chi connectivity index (χ0v) is 9.55. The van der Waals surface area contributed by atoms with Gasteiger partial charge in [0.25, 0.3) is 0 Å². The van der Waals surface area contributed by atoms with Crippen molar-refractivity contribution in [2.24, 2.45) is 11.1 Å². The van der Waals surface area contributed by atoms with Crippen LogP contribution >= 0.6 is 0 Å². The highest BCUT2D eigenvalue weighted by molar-refractivity contribution is 7.91. The minimum absolute atomic E-state index is 0.0480. The number of nitrogens with two attached hydrogens (primary N) is 1. The molecule has 2 aliphatic heterocycles. The smallest absolute Gasteiger partial charge is 0.151 e. The van der Waals surface area contributed by atoms with Crippen LogP contribution in [0.25, 0.3) is 0 Å². The van der Waals surface area contributed by atoms with Crippen LogP contribution < -0.4 is 11.1 Å². The minimum Gasteiger partial charge on any atom is -0.380 e. The van der Waals surface area contributed by atoms with Crippen LogP contribution in [0.3, 0.4) is 0 Å². The first-order valence-electron chi connectivity index (χ1n) is 5.27. The van der Waals surface area contributed by atoms with E-state index in [0.717, 1.165) is 13.0 Å². The molecule has 2 saturated heterocycles. The van der Waals surface area contributed by atoms with Gasteiger partial charge in [0.05, 0.1) is 24.7 Å². The van der Waals surface area contributed by atoms with Crippen LogP contribution in [-0.4, -0.2) is 52.3 Å². The average molecular weight is 234 g/mol. The molecular weight excluding hydrogens is 216 g/mol. The largest absolute Gasteiger partial charge is 0.380 e. The van der Waals surface area contributed by atoms with Crippen LogP contribution in [0, 0.1) is 5.41 Å². The molecule has 0 amide bonds. The highest BCUT2D eigenvalue weighted by Crippen LogP contribution is 2.25. The Kier molecular flexibility index (Phi) is 3.03. The molecule has 2 rings (SSSR count). The molecule has 2 aliphatic rings. The van der Waals surface area contributed by atoms with E-state index < -0.39 is 9.84 Å². The molecule has 2 fully saturated rings. The van der Waals surface area contributed by atoms with E-state index in [9.17, 15) is 8.42 Å². The number of hydrogen-bond acceptors (Lipinski definition) is 5. The van der Waals surface area contributed by atoms with E-state index in [0.29, 0.717) is 25.5 Å². The Labute approximate surface area is 90.3 Å². The minimum atomic E-state index is -2.78. The molecule has 0 spiro atoms. The molecule has 0 aromatic carbocycles. The molecule has 3 N–H and O–H groups in total. The Morgan fingerprint density at radius 1 is 1.47 bits per heavy atom. The number of rotatable bonds is 4. The van der Waals surface area contributed by atoms with Crippen LogP contribution in [0.5, 0.6) is 0 Å². The first-order chi connectivity index (χ1) is 7.05. The van der Waals surface area contributed by atoms with Crippen molar-refractivity contribution in [2.45, 2.75) is 12.5 Å². The highest BCUT2D eigenvalue weighted by atomic mass is 32.2. The van der Waals surface area contributed by atoms with E-state index in [4.69, 9.17) is 10.5 Å². The zero-order chi connectivity index (χ0) is 10.9. The van der Waals surface area contributed by atoms with Gasteiger partial charge in [-0.1, -0.05) is 0 Å². The number of sulfone groups is 1. The Hall–Kier alpha value is -0.170. The molecule has 1 unspecified atom stereocenters. The van der Waals surface area contributed by atoms with Gasteiger partial charge in [-0.25, -0.2) is 8.42 Å². The van der Waals surface area contributed by atoms with Gasteiger partial charge in [-0.15, -0.1) is 0 Å². The summed E-state index contributed by atoms with van der Waals surface area (Å²) in [4.78, 5) is 0. The molecule has 88 valence electrons. The van der Waals surface area contributed by atoms with Gasteiger partial charge in [0, 0.05) is 24.5 Å². The van der Waals surface area contributed by atoms with Crippen molar-refractivity contribution >= 4 is 9.84 Å². The molecule has 0 aromatic rings. The standard InChI is InChI=1S/C9H18N2O3S/c10-4-9(6-14-7-9)5-11-8-1-2-15(12,13)3-8/h8,11H,1-7,10H2. The lowest BCUT2D eigenvalue weighted by Crippen LogP contribution is -2.55. The SMILES string of the molecule is NCC1(CNC2CCS(=O)(=O)C2)COC1. The summed E-state index contributed by atoms with van der Waals surface area (Å²) < 4.78 is 27.6. The first-order valence-corrected chi connectivity index (χ1v) is 7.09. The normalized spacial score (nSPS) is 32.5. The molecule has 2 heterocycles. The summed E-state index contributed by atoms with van der Waals surface area (Å²) in [5, 5.41) is 3.29. The van der Waals surface area contributed by atoms with Crippen LogP contribution in [0.4, 0.5) is 0 Å². The fraction of sp³-hybridized carbons (Fsp3) is 1.00. The van der Waals surface area contributed by atoms with Crippen LogP contribution in [0.15, 0.2) is 0 Å². The van der Waals surface area contributed by atoms with Crippen molar-refractivity contribution in [3.05, 3.63) is 0 Å². The third-order valence-corrected chi connectivity index (χ3v) is 5.02. The summed E-state index contributed by atoms with van der Waals surface area (Å²) in [5.74, 6) is 0.589. The van der Waals surface area contributed by atoms with Crippen molar-refractivity contribution < 1.29 is 13.2 Å². The molecular formula is C9H18N2O3S. The number of ether oxygens (including phenoxy) is 1. The molecule has 0 aromatic heterocycles. The topological polar surface area (TPSA) is 81.4 Å². The fourth-order valence-electron chi connectivity index (χ4n) is 2.00. The van der Waals surface area contributed by atoms with Gasteiger partial charge in [0.1, 0.15) is 0 Å².